The Bertz CT molecular complexity index is 890. The molecule has 2 saturated heterocycles. The van der Waals surface area contributed by atoms with Crippen LogP contribution in [0.3, 0.4) is 0 Å². The first-order valence-electron chi connectivity index (χ1n) is 12.0. The molecule has 0 aromatic heterocycles. The lowest BCUT2D eigenvalue weighted by molar-refractivity contribution is -0.125. The fourth-order valence-electron chi connectivity index (χ4n) is 4.98. The molecule has 5 nitrogen and oxygen atoms in total. The highest BCUT2D eigenvalue weighted by Crippen LogP contribution is 2.36. The summed E-state index contributed by atoms with van der Waals surface area (Å²) in [5, 5.41) is 3.15. The van der Waals surface area contributed by atoms with Crippen molar-refractivity contribution in [1.29, 1.82) is 0 Å². The van der Waals surface area contributed by atoms with Gasteiger partial charge in [0.15, 0.2) is 0 Å². The third-order valence-electron chi connectivity index (χ3n) is 6.88. The van der Waals surface area contributed by atoms with Crippen LogP contribution in [0, 0.1) is 12.8 Å². The molecule has 172 valence electrons. The normalized spacial score (nSPS) is 21.1. The van der Waals surface area contributed by atoms with Gasteiger partial charge in [0.1, 0.15) is 12.4 Å². The Morgan fingerprint density at radius 3 is 2.69 bits per heavy atom. The molecule has 2 fully saturated rings. The molecule has 1 amide bonds. The molecule has 4 rings (SSSR count). The van der Waals surface area contributed by atoms with Crippen molar-refractivity contribution >= 4 is 11.6 Å². The molecule has 2 heterocycles. The Balaban J connectivity index is 1.36. The highest BCUT2D eigenvalue weighted by atomic mass is 16.5. The zero-order valence-corrected chi connectivity index (χ0v) is 19.4. The summed E-state index contributed by atoms with van der Waals surface area (Å²) >= 11 is 0. The van der Waals surface area contributed by atoms with Crippen LogP contribution in [0.15, 0.2) is 48.5 Å². The molecule has 2 aliphatic rings. The monoisotopic (exact) mass is 436 g/mol. The highest BCUT2D eigenvalue weighted by molar-refractivity contribution is 5.99. The summed E-state index contributed by atoms with van der Waals surface area (Å²) in [5.74, 6) is 1.66. The van der Waals surface area contributed by atoms with Crippen LogP contribution in [0.2, 0.25) is 0 Å². The third-order valence-corrected chi connectivity index (χ3v) is 6.88. The van der Waals surface area contributed by atoms with Gasteiger partial charge in [-0.1, -0.05) is 36.8 Å². The second-order valence-electron chi connectivity index (χ2n) is 9.44. The molecule has 32 heavy (non-hydrogen) atoms. The number of aryl methyl sites for hydroxylation is 1. The van der Waals surface area contributed by atoms with Gasteiger partial charge in [0.2, 0.25) is 5.91 Å². The molecule has 0 spiro atoms. The predicted octanol–water partition coefficient (Wildman–Crippen LogP) is 4.79. The van der Waals surface area contributed by atoms with E-state index in [-0.39, 0.29) is 5.91 Å². The average Bonchev–Trinajstić information content (AvgIpc) is 2.81. The molecule has 5 heteroatoms. The second-order valence-corrected chi connectivity index (χ2v) is 9.44. The zero-order valence-electron chi connectivity index (χ0n) is 19.4. The molecule has 0 unspecified atom stereocenters. The minimum Gasteiger partial charge on any atom is -0.492 e. The number of benzene rings is 2. The van der Waals surface area contributed by atoms with Gasteiger partial charge in [0, 0.05) is 32.0 Å². The van der Waals surface area contributed by atoms with Gasteiger partial charge in [-0.15, -0.1) is 0 Å². The van der Waals surface area contributed by atoms with E-state index in [1.54, 1.807) is 0 Å². The van der Waals surface area contributed by atoms with Crippen LogP contribution >= 0.6 is 0 Å². The molecule has 0 saturated carbocycles. The third kappa shape index (κ3) is 5.51. The topological polar surface area (TPSA) is 50.8 Å². The van der Waals surface area contributed by atoms with Crippen molar-refractivity contribution in [3.63, 3.8) is 0 Å². The first kappa shape index (κ1) is 22.8. The van der Waals surface area contributed by atoms with Gasteiger partial charge < -0.3 is 14.8 Å². The van der Waals surface area contributed by atoms with Crippen molar-refractivity contribution < 1.29 is 14.3 Å². The van der Waals surface area contributed by atoms with Crippen molar-refractivity contribution in [3.05, 3.63) is 59.7 Å². The number of likely N-dealkylation sites (tertiary alicyclic amines) is 1. The number of nitrogens with one attached hydrogen (secondary N) is 1. The van der Waals surface area contributed by atoms with Crippen molar-refractivity contribution in [3.8, 4) is 5.75 Å². The maximum atomic E-state index is 13.5. The van der Waals surface area contributed by atoms with E-state index in [2.05, 4.69) is 42.3 Å². The maximum absolute atomic E-state index is 13.5. The van der Waals surface area contributed by atoms with Crippen LogP contribution < -0.4 is 10.1 Å². The molecule has 0 aliphatic carbocycles. The summed E-state index contributed by atoms with van der Waals surface area (Å²) in [4.78, 5) is 15.9. The summed E-state index contributed by atoms with van der Waals surface area (Å²) in [5.41, 5.74) is 2.49. The Morgan fingerprint density at radius 1 is 1.19 bits per heavy atom. The van der Waals surface area contributed by atoms with Gasteiger partial charge in [-0.05, 0) is 74.9 Å². The van der Waals surface area contributed by atoms with E-state index >= 15 is 0 Å². The Kier molecular flexibility index (Phi) is 7.48. The van der Waals surface area contributed by atoms with Gasteiger partial charge in [-0.3, -0.25) is 9.69 Å². The van der Waals surface area contributed by atoms with E-state index in [1.807, 2.05) is 30.3 Å². The fraction of sp³-hybridized carbons (Fsp3) is 0.519. The largest absolute Gasteiger partial charge is 0.492 e. The SMILES string of the molecule is Cc1cccc(C2(C(=O)Nc3ccc(OCCN4CCC[C@@H](C)C4)cc3)CCOCC2)c1. The molecule has 1 atom stereocenters. The Labute approximate surface area is 192 Å². The quantitative estimate of drug-likeness (QED) is 0.678. The number of carbonyl (C=O) groups excluding carboxylic acids is 1. The molecule has 0 radical (unpaired) electrons. The summed E-state index contributed by atoms with van der Waals surface area (Å²) in [7, 11) is 0. The number of hydrogen-bond acceptors (Lipinski definition) is 4. The molecule has 2 aromatic rings. The summed E-state index contributed by atoms with van der Waals surface area (Å²) in [6.45, 7) is 9.59. The van der Waals surface area contributed by atoms with Gasteiger partial charge in [-0.25, -0.2) is 0 Å². The van der Waals surface area contributed by atoms with Gasteiger partial charge in [0.05, 0.1) is 5.41 Å². The molecular weight excluding hydrogens is 400 g/mol. The second kappa shape index (κ2) is 10.5. The number of ether oxygens (including phenoxy) is 2. The number of rotatable bonds is 7. The zero-order chi connectivity index (χ0) is 22.4. The van der Waals surface area contributed by atoms with E-state index in [9.17, 15) is 4.79 Å². The summed E-state index contributed by atoms with van der Waals surface area (Å²) in [6.07, 6.45) is 4.01. The van der Waals surface area contributed by atoms with Crippen molar-refractivity contribution in [2.24, 2.45) is 5.92 Å². The van der Waals surface area contributed by atoms with E-state index in [0.717, 1.165) is 29.5 Å². The molecule has 1 N–H and O–H groups in total. The summed E-state index contributed by atoms with van der Waals surface area (Å²) in [6, 6.07) is 16.0. The minimum atomic E-state index is -0.551. The number of carbonyl (C=O) groups is 1. The first-order valence-corrected chi connectivity index (χ1v) is 12.0. The van der Waals surface area contributed by atoms with E-state index in [1.165, 1.54) is 31.5 Å². The van der Waals surface area contributed by atoms with Crippen LogP contribution in [-0.2, 0) is 14.9 Å². The minimum absolute atomic E-state index is 0.0410. The molecular formula is C27H36N2O3. The summed E-state index contributed by atoms with van der Waals surface area (Å²) < 4.78 is 11.5. The fourth-order valence-corrected chi connectivity index (χ4v) is 4.98. The maximum Gasteiger partial charge on any atom is 0.235 e. The smallest absolute Gasteiger partial charge is 0.235 e. The number of nitrogens with zero attached hydrogens (tertiary/aromatic N) is 1. The Hall–Kier alpha value is -2.37. The van der Waals surface area contributed by atoms with Gasteiger partial charge >= 0.3 is 0 Å². The average molecular weight is 437 g/mol. The number of amides is 1. The number of anilines is 1. The lowest BCUT2D eigenvalue weighted by Crippen LogP contribution is -2.44. The molecule has 2 aliphatic heterocycles. The molecule has 0 bridgehead atoms. The standard InChI is InChI=1S/C27H36N2O3/c1-21-5-3-7-23(19-21)27(12-16-31-17-13-27)26(30)28-24-8-10-25(11-9-24)32-18-15-29-14-4-6-22(2)20-29/h3,5,7-11,19,22H,4,6,12-18,20H2,1-2H3,(H,28,30)/t22-/m1/s1. The van der Waals surface area contributed by atoms with Crippen LogP contribution in [0.4, 0.5) is 5.69 Å². The van der Waals surface area contributed by atoms with Crippen molar-refractivity contribution in [2.75, 3.05) is 44.8 Å². The lowest BCUT2D eigenvalue weighted by Gasteiger charge is -2.36. The first-order chi connectivity index (χ1) is 15.5. The van der Waals surface area contributed by atoms with Crippen molar-refractivity contribution in [1.82, 2.24) is 4.90 Å². The van der Waals surface area contributed by atoms with Crippen LogP contribution in [0.25, 0.3) is 0 Å². The van der Waals surface area contributed by atoms with Gasteiger partial charge in [-0.2, -0.15) is 0 Å². The van der Waals surface area contributed by atoms with E-state index in [0.29, 0.717) is 32.7 Å². The van der Waals surface area contributed by atoms with E-state index in [4.69, 9.17) is 9.47 Å². The van der Waals surface area contributed by atoms with Crippen LogP contribution in [0.1, 0.15) is 43.7 Å². The van der Waals surface area contributed by atoms with Crippen molar-refractivity contribution in [2.45, 2.75) is 44.9 Å². The Morgan fingerprint density at radius 2 is 1.97 bits per heavy atom. The number of hydrogen-bond donors (Lipinski definition) is 1. The highest BCUT2D eigenvalue weighted by Gasteiger charge is 2.41. The van der Waals surface area contributed by atoms with E-state index < -0.39 is 5.41 Å². The predicted molar refractivity (Wildman–Crippen MR) is 128 cm³/mol. The lowest BCUT2D eigenvalue weighted by atomic mass is 9.73. The van der Waals surface area contributed by atoms with Crippen LogP contribution in [0.5, 0.6) is 5.75 Å². The number of piperidine rings is 1. The van der Waals surface area contributed by atoms with Crippen LogP contribution in [-0.4, -0.2) is 50.3 Å². The van der Waals surface area contributed by atoms with Gasteiger partial charge in [0.25, 0.3) is 0 Å². The molecule has 2 aromatic carbocycles.